The van der Waals surface area contributed by atoms with E-state index in [1.807, 2.05) is 0 Å². The van der Waals surface area contributed by atoms with Gasteiger partial charge in [-0.2, -0.15) is 11.8 Å². The zero-order chi connectivity index (χ0) is 12.7. The van der Waals surface area contributed by atoms with Crippen molar-refractivity contribution < 1.29 is 0 Å². The summed E-state index contributed by atoms with van der Waals surface area (Å²) in [6, 6.07) is 0.762. The maximum atomic E-state index is 3.75. The van der Waals surface area contributed by atoms with Gasteiger partial charge in [0.25, 0.3) is 0 Å². The smallest absolute Gasteiger partial charge is 0.0204 e. The molecule has 0 amide bonds. The fourth-order valence-corrected chi connectivity index (χ4v) is 4.17. The molecule has 0 saturated heterocycles. The van der Waals surface area contributed by atoms with Crippen LogP contribution in [-0.2, 0) is 0 Å². The molecule has 0 aromatic carbocycles. The fraction of sp³-hybridized carbons (Fsp3) is 1.00. The molecular formula is C14H30N2S. The van der Waals surface area contributed by atoms with Gasteiger partial charge in [-0.15, -0.1) is 0 Å². The highest BCUT2D eigenvalue weighted by molar-refractivity contribution is 8.00. The maximum Gasteiger partial charge on any atom is 0.0204 e. The van der Waals surface area contributed by atoms with Crippen LogP contribution in [0.2, 0.25) is 0 Å². The second-order valence-electron chi connectivity index (χ2n) is 5.69. The summed E-state index contributed by atoms with van der Waals surface area (Å²) in [5.74, 6) is 2.20. The maximum absolute atomic E-state index is 3.75. The minimum Gasteiger partial charge on any atom is -0.313 e. The highest BCUT2D eigenvalue weighted by atomic mass is 32.2. The average molecular weight is 258 g/mol. The first-order valence-electron chi connectivity index (χ1n) is 7.13. The van der Waals surface area contributed by atoms with E-state index in [1.165, 1.54) is 44.5 Å². The van der Waals surface area contributed by atoms with E-state index in [4.69, 9.17) is 0 Å². The number of thioether (sulfide) groups is 1. The second-order valence-corrected chi connectivity index (χ2v) is 7.04. The summed E-state index contributed by atoms with van der Waals surface area (Å²) < 4.78 is 0. The largest absolute Gasteiger partial charge is 0.313 e. The Hall–Kier alpha value is 0.270. The fourth-order valence-electron chi connectivity index (χ4n) is 2.46. The normalized spacial score (nSPS) is 29.8. The Morgan fingerprint density at radius 3 is 2.71 bits per heavy atom. The molecule has 1 aliphatic rings. The lowest BCUT2D eigenvalue weighted by atomic mass is 9.87. The molecule has 0 aromatic rings. The molecule has 1 N–H and O–H groups in total. The highest BCUT2D eigenvalue weighted by Crippen LogP contribution is 2.32. The van der Waals surface area contributed by atoms with Gasteiger partial charge in [-0.25, -0.2) is 0 Å². The molecule has 0 spiro atoms. The van der Waals surface area contributed by atoms with Crippen molar-refractivity contribution >= 4 is 11.8 Å². The molecule has 0 radical (unpaired) electrons. The first-order valence-corrected chi connectivity index (χ1v) is 8.18. The molecule has 3 unspecified atom stereocenters. The summed E-state index contributed by atoms with van der Waals surface area (Å²) in [4.78, 5) is 2.29. The topological polar surface area (TPSA) is 15.3 Å². The van der Waals surface area contributed by atoms with Crippen molar-refractivity contribution in [1.82, 2.24) is 10.2 Å². The van der Waals surface area contributed by atoms with Crippen LogP contribution < -0.4 is 5.32 Å². The predicted molar refractivity (Wildman–Crippen MR) is 79.9 cm³/mol. The van der Waals surface area contributed by atoms with E-state index in [9.17, 15) is 0 Å². The Balaban J connectivity index is 2.32. The van der Waals surface area contributed by atoms with Gasteiger partial charge in [-0.3, -0.25) is 0 Å². The number of hydrogen-bond donors (Lipinski definition) is 1. The Labute approximate surface area is 112 Å². The molecule has 1 aliphatic carbocycles. The van der Waals surface area contributed by atoms with Gasteiger partial charge in [0.2, 0.25) is 0 Å². The number of nitrogens with one attached hydrogen (secondary N) is 1. The predicted octanol–water partition coefficient (Wildman–Crippen LogP) is 2.84. The van der Waals surface area contributed by atoms with E-state index in [0.29, 0.717) is 0 Å². The quantitative estimate of drug-likeness (QED) is 0.756. The molecule has 2 nitrogen and oxygen atoms in total. The van der Waals surface area contributed by atoms with Crippen LogP contribution in [0.4, 0.5) is 0 Å². The molecule has 17 heavy (non-hydrogen) atoms. The number of rotatable bonds is 7. The zero-order valence-electron chi connectivity index (χ0n) is 12.0. The van der Waals surface area contributed by atoms with Gasteiger partial charge in [0.05, 0.1) is 0 Å². The Bertz CT molecular complexity index is 195. The first kappa shape index (κ1) is 15.3. The van der Waals surface area contributed by atoms with Crippen LogP contribution in [0, 0.1) is 5.92 Å². The molecule has 1 rings (SSSR count). The van der Waals surface area contributed by atoms with Crippen LogP contribution in [0.1, 0.15) is 39.5 Å². The summed E-state index contributed by atoms with van der Waals surface area (Å²) in [6.45, 7) is 7.06. The summed E-state index contributed by atoms with van der Waals surface area (Å²) in [5.41, 5.74) is 0. The van der Waals surface area contributed by atoms with E-state index >= 15 is 0 Å². The van der Waals surface area contributed by atoms with Crippen molar-refractivity contribution in [3.05, 3.63) is 0 Å². The molecule has 0 heterocycles. The summed E-state index contributed by atoms with van der Waals surface area (Å²) in [5, 5.41) is 4.58. The van der Waals surface area contributed by atoms with Crippen LogP contribution in [0.3, 0.4) is 0 Å². The molecule has 3 heteroatoms. The first-order chi connectivity index (χ1) is 8.13. The number of hydrogen-bond acceptors (Lipinski definition) is 3. The average Bonchev–Trinajstić information content (AvgIpc) is 2.27. The molecule has 102 valence electrons. The molecule has 0 aliphatic heterocycles. The van der Waals surface area contributed by atoms with Crippen molar-refractivity contribution in [2.75, 3.05) is 32.9 Å². The van der Waals surface area contributed by atoms with E-state index in [2.05, 4.69) is 49.9 Å². The zero-order valence-corrected chi connectivity index (χ0v) is 12.9. The van der Waals surface area contributed by atoms with Crippen LogP contribution in [0.25, 0.3) is 0 Å². The SMILES string of the molecule is CCCNC1CCC(C)CC1SCCN(C)C. The van der Waals surface area contributed by atoms with Crippen molar-refractivity contribution in [3.63, 3.8) is 0 Å². The van der Waals surface area contributed by atoms with Gasteiger partial charge in [0, 0.05) is 23.6 Å². The van der Waals surface area contributed by atoms with Gasteiger partial charge in [0.1, 0.15) is 0 Å². The standard InChI is InChI=1S/C14H30N2S/c1-5-8-15-13-7-6-12(2)11-14(13)17-10-9-16(3)4/h12-15H,5-11H2,1-4H3. The van der Waals surface area contributed by atoms with Gasteiger partial charge in [-0.05, 0) is 52.2 Å². The molecule has 0 bridgehead atoms. The van der Waals surface area contributed by atoms with Crippen molar-refractivity contribution in [2.24, 2.45) is 5.92 Å². The number of nitrogens with zero attached hydrogens (tertiary/aromatic N) is 1. The molecule has 0 aromatic heterocycles. The third-order valence-corrected chi connectivity index (χ3v) is 4.95. The highest BCUT2D eigenvalue weighted by Gasteiger charge is 2.28. The lowest BCUT2D eigenvalue weighted by Gasteiger charge is -2.35. The lowest BCUT2D eigenvalue weighted by Crippen LogP contribution is -2.43. The molecular weight excluding hydrogens is 228 g/mol. The monoisotopic (exact) mass is 258 g/mol. The van der Waals surface area contributed by atoms with Gasteiger partial charge in [0.15, 0.2) is 0 Å². The molecule has 1 saturated carbocycles. The minimum absolute atomic E-state index is 0.762. The third-order valence-electron chi connectivity index (χ3n) is 3.58. The lowest BCUT2D eigenvalue weighted by molar-refractivity contribution is 0.317. The Morgan fingerprint density at radius 1 is 1.29 bits per heavy atom. The van der Waals surface area contributed by atoms with Crippen molar-refractivity contribution in [1.29, 1.82) is 0 Å². The van der Waals surface area contributed by atoms with Crippen molar-refractivity contribution in [2.45, 2.75) is 50.8 Å². The third kappa shape index (κ3) is 6.12. The van der Waals surface area contributed by atoms with Crippen LogP contribution >= 0.6 is 11.8 Å². The van der Waals surface area contributed by atoms with Crippen molar-refractivity contribution in [3.8, 4) is 0 Å². The van der Waals surface area contributed by atoms with E-state index in [1.54, 1.807) is 0 Å². The summed E-state index contributed by atoms with van der Waals surface area (Å²) in [7, 11) is 4.33. The van der Waals surface area contributed by atoms with Gasteiger partial charge in [-0.1, -0.05) is 13.8 Å². The second kappa shape index (κ2) is 8.39. The summed E-state index contributed by atoms with van der Waals surface area (Å²) >= 11 is 2.18. The Kier molecular flexibility index (Phi) is 7.56. The van der Waals surface area contributed by atoms with Crippen LogP contribution in [0.5, 0.6) is 0 Å². The summed E-state index contributed by atoms with van der Waals surface area (Å²) in [6.07, 6.45) is 5.44. The molecule has 3 atom stereocenters. The van der Waals surface area contributed by atoms with E-state index < -0.39 is 0 Å². The van der Waals surface area contributed by atoms with Gasteiger partial charge >= 0.3 is 0 Å². The minimum atomic E-state index is 0.762. The van der Waals surface area contributed by atoms with E-state index in [0.717, 1.165) is 17.2 Å². The Morgan fingerprint density at radius 2 is 2.06 bits per heavy atom. The van der Waals surface area contributed by atoms with E-state index in [-0.39, 0.29) is 0 Å². The van der Waals surface area contributed by atoms with Crippen LogP contribution in [0.15, 0.2) is 0 Å². The van der Waals surface area contributed by atoms with Gasteiger partial charge < -0.3 is 10.2 Å². The van der Waals surface area contributed by atoms with Crippen LogP contribution in [-0.4, -0.2) is 49.1 Å². The molecule has 1 fully saturated rings.